The van der Waals surface area contributed by atoms with Crippen molar-refractivity contribution < 1.29 is 18.0 Å². The number of hydrogen-bond donors (Lipinski definition) is 2. The average Bonchev–Trinajstić information content (AvgIpc) is 2.88. The van der Waals surface area contributed by atoms with Gasteiger partial charge in [-0.2, -0.15) is 13.2 Å². The summed E-state index contributed by atoms with van der Waals surface area (Å²) in [4.78, 5) is 25.2. The van der Waals surface area contributed by atoms with Gasteiger partial charge in [0.25, 0.3) is 0 Å². The Hall–Kier alpha value is -4.73. The van der Waals surface area contributed by atoms with Gasteiger partial charge in [-0.05, 0) is 74.5 Å². The fourth-order valence-corrected chi connectivity index (χ4v) is 4.28. The monoisotopic (exact) mass is 530 g/mol. The quantitative estimate of drug-likeness (QED) is 0.252. The van der Waals surface area contributed by atoms with Crippen LogP contribution in [-0.4, -0.2) is 26.5 Å². The van der Waals surface area contributed by atoms with Gasteiger partial charge in [0.1, 0.15) is 5.82 Å². The number of nitrogens with zero attached hydrogens (tertiary/aromatic N) is 4. The molecule has 0 bridgehead atoms. The van der Waals surface area contributed by atoms with E-state index in [1.165, 1.54) is 19.1 Å². The molecule has 0 fully saturated rings. The lowest BCUT2D eigenvalue weighted by Gasteiger charge is -2.21. The van der Waals surface area contributed by atoms with E-state index in [0.29, 0.717) is 45.1 Å². The van der Waals surface area contributed by atoms with Crippen LogP contribution in [0.2, 0.25) is 0 Å². The van der Waals surface area contributed by atoms with E-state index in [4.69, 9.17) is 9.98 Å². The van der Waals surface area contributed by atoms with Crippen LogP contribution in [0.1, 0.15) is 26.3 Å². The Kier molecular flexibility index (Phi) is 6.78. The molecule has 2 aromatic carbocycles. The zero-order valence-corrected chi connectivity index (χ0v) is 21.4. The van der Waals surface area contributed by atoms with Crippen molar-refractivity contribution in [1.29, 1.82) is 0 Å². The maximum absolute atomic E-state index is 13.2. The number of nitrogens with one attached hydrogen (secondary N) is 2. The Bertz CT molecular complexity index is 1690. The first kappa shape index (κ1) is 25.9. The van der Waals surface area contributed by atoms with Crippen molar-refractivity contribution in [2.75, 3.05) is 10.6 Å². The molecule has 2 N–H and O–H groups in total. The highest BCUT2D eigenvalue weighted by molar-refractivity contribution is 5.88. The van der Waals surface area contributed by atoms with Crippen LogP contribution in [0.15, 0.2) is 84.0 Å². The normalized spacial score (nSPS) is 12.3. The second kappa shape index (κ2) is 10.2. The van der Waals surface area contributed by atoms with Gasteiger partial charge in [0.05, 0.1) is 50.9 Å². The number of anilines is 3. The molecule has 0 saturated carbocycles. The van der Waals surface area contributed by atoms with Gasteiger partial charge in [0.15, 0.2) is 0 Å². The molecule has 1 aliphatic carbocycles. The van der Waals surface area contributed by atoms with Gasteiger partial charge >= 0.3 is 6.18 Å². The fraction of sp³-hybridized carbons (Fsp3) is 0.172. The van der Waals surface area contributed by atoms with Crippen molar-refractivity contribution in [2.45, 2.75) is 33.0 Å². The number of hydrogen-bond acceptors (Lipinski definition) is 5. The van der Waals surface area contributed by atoms with E-state index in [9.17, 15) is 18.0 Å². The molecule has 7 nitrogen and oxygen atoms in total. The third-order valence-corrected chi connectivity index (χ3v) is 5.89. The van der Waals surface area contributed by atoms with E-state index in [1.54, 1.807) is 18.3 Å². The minimum absolute atomic E-state index is 0.0313. The van der Waals surface area contributed by atoms with Crippen molar-refractivity contribution >= 4 is 34.1 Å². The van der Waals surface area contributed by atoms with Crippen LogP contribution in [0, 0.1) is 0 Å². The molecule has 1 aliphatic heterocycles. The number of alkyl halides is 3. The smallest absolute Gasteiger partial charge is 0.352 e. The van der Waals surface area contributed by atoms with Crippen molar-refractivity contribution in [3.63, 3.8) is 0 Å². The third-order valence-electron chi connectivity index (χ3n) is 5.89. The molecule has 3 aromatic rings. The highest BCUT2D eigenvalue weighted by atomic mass is 19.4. The molecule has 0 spiro atoms. The summed E-state index contributed by atoms with van der Waals surface area (Å²) in [6, 6.07) is 19.7. The zero-order valence-electron chi connectivity index (χ0n) is 21.4. The lowest BCUT2D eigenvalue weighted by molar-refractivity contribution is -0.137. The molecule has 0 unspecified atom stereocenters. The standard InChI is InChI=1S/C29H25F3N6O/c1-17(2)34-24-15-27-25(14-23(24)36-20-10-13-28(33-16-20)35-18(3)39)37-22-6-4-5-7-26(22)38(27)21-11-8-19(9-12-21)29(30,31)32/h4-17,36H,1-3H3,(H,33,35,39). The van der Waals surface area contributed by atoms with Crippen LogP contribution in [-0.2, 0) is 11.0 Å². The first-order chi connectivity index (χ1) is 18.6. The Morgan fingerprint density at radius 2 is 1.74 bits per heavy atom. The molecule has 5 rings (SSSR count). The number of carbonyl (C=O) groups is 1. The maximum atomic E-state index is 13.2. The number of aromatic nitrogens is 3. The van der Waals surface area contributed by atoms with Crippen LogP contribution in [0.5, 0.6) is 0 Å². The number of amides is 1. The number of benzene rings is 3. The molecule has 39 heavy (non-hydrogen) atoms. The highest BCUT2D eigenvalue weighted by Crippen LogP contribution is 2.33. The first-order valence-corrected chi connectivity index (χ1v) is 12.3. The van der Waals surface area contributed by atoms with E-state index in [2.05, 4.69) is 15.6 Å². The molecule has 0 atom stereocenters. The van der Waals surface area contributed by atoms with Crippen molar-refractivity contribution in [3.8, 4) is 17.1 Å². The van der Waals surface area contributed by atoms with E-state index in [-0.39, 0.29) is 11.9 Å². The van der Waals surface area contributed by atoms with Gasteiger partial charge in [-0.25, -0.2) is 9.97 Å². The van der Waals surface area contributed by atoms with E-state index >= 15 is 0 Å². The summed E-state index contributed by atoms with van der Waals surface area (Å²) in [6.45, 7) is 5.33. The van der Waals surface area contributed by atoms with Crippen LogP contribution in [0.25, 0.3) is 28.1 Å². The number of halogens is 3. The summed E-state index contributed by atoms with van der Waals surface area (Å²) in [7, 11) is 0. The minimum Gasteiger partial charge on any atom is -0.352 e. The topological polar surface area (TPSA) is 84.2 Å². The molecular weight excluding hydrogens is 505 g/mol. The van der Waals surface area contributed by atoms with Crippen molar-refractivity contribution in [1.82, 2.24) is 14.5 Å². The summed E-state index contributed by atoms with van der Waals surface area (Å²) in [5.41, 5.74) is 3.98. The number of para-hydroxylation sites is 2. The van der Waals surface area contributed by atoms with Crippen LogP contribution >= 0.6 is 0 Å². The number of rotatable bonds is 5. The van der Waals surface area contributed by atoms with Crippen LogP contribution in [0.3, 0.4) is 0 Å². The fourth-order valence-electron chi connectivity index (χ4n) is 4.28. The summed E-state index contributed by atoms with van der Waals surface area (Å²) in [6.07, 6.45) is -2.82. The van der Waals surface area contributed by atoms with Crippen molar-refractivity contribution in [3.05, 3.63) is 89.9 Å². The summed E-state index contributed by atoms with van der Waals surface area (Å²) in [5, 5.41) is 6.63. The number of carbonyl (C=O) groups excluding carboxylic acids is 1. The summed E-state index contributed by atoms with van der Waals surface area (Å²) < 4.78 is 41.6. The second-order valence-electron chi connectivity index (χ2n) is 9.30. The van der Waals surface area contributed by atoms with Crippen LogP contribution in [0.4, 0.5) is 30.4 Å². The number of fused-ring (bicyclic) bond motifs is 2. The van der Waals surface area contributed by atoms with Gasteiger partial charge in [0, 0.05) is 18.7 Å². The minimum atomic E-state index is -4.43. The lowest BCUT2D eigenvalue weighted by Crippen LogP contribution is -2.16. The van der Waals surface area contributed by atoms with E-state index in [1.807, 2.05) is 54.8 Å². The molecular formula is C29H25F3N6O. The predicted molar refractivity (Wildman–Crippen MR) is 145 cm³/mol. The Labute approximate surface area is 222 Å². The van der Waals surface area contributed by atoms with Gasteiger partial charge in [-0.15, -0.1) is 0 Å². The molecule has 2 heterocycles. The lowest BCUT2D eigenvalue weighted by atomic mass is 10.1. The molecule has 198 valence electrons. The maximum Gasteiger partial charge on any atom is 0.416 e. The number of pyridine rings is 1. The largest absolute Gasteiger partial charge is 0.416 e. The molecule has 0 radical (unpaired) electrons. The molecule has 10 heteroatoms. The Morgan fingerprint density at radius 3 is 2.38 bits per heavy atom. The highest BCUT2D eigenvalue weighted by Gasteiger charge is 2.30. The summed E-state index contributed by atoms with van der Waals surface area (Å²) >= 11 is 0. The average molecular weight is 531 g/mol. The van der Waals surface area contributed by atoms with Gasteiger partial charge in [-0.1, -0.05) is 12.1 Å². The molecule has 1 aromatic heterocycles. The molecule has 2 aliphatic rings. The summed E-state index contributed by atoms with van der Waals surface area (Å²) in [5.74, 6) is 0.222. The Balaban J connectivity index is 1.69. The van der Waals surface area contributed by atoms with Gasteiger partial charge in [-0.3, -0.25) is 9.79 Å². The molecule has 1 amide bonds. The predicted octanol–water partition coefficient (Wildman–Crippen LogP) is 6.56. The van der Waals surface area contributed by atoms with E-state index in [0.717, 1.165) is 17.6 Å². The Morgan fingerprint density at radius 1 is 1.00 bits per heavy atom. The first-order valence-electron chi connectivity index (χ1n) is 12.3. The van der Waals surface area contributed by atoms with Crippen molar-refractivity contribution in [2.24, 2.45) is 4.99 Å². The second-order valence-corrected chi connectivity index (χ2v) is 9.30. The molecule has 0 saturated heterocycles. The van der Waals surface area contributed by atoms with Gasteiger partial charge < -0.3 is 15.2 Å². The SMILES string of the molecule is CC(=O)Nc1ccc(Nc2cc3nc4ccccc4n(-c4ccc(C(F)(F)F)cc4)c-3cc2=NC(C)C)cn1. The third kappa shape index (κ3) is 5.59. The zero-order chi connectivity index (χ0) is 27.7. The van der Waals surface area contributed by atoms with Gasteiger partial charge in [0.2, 0.25) is 5.91 Å². The van der Waals surface area contributed by atoms with E-state index < -0.39 is 11.7 Å². The van der Waals surface area contributed by atoms with Crippen LogP contribution < -0.4 is 16.0 Å².